The SMILES string of the molecule is CCn1nc(C)c(CCNS(=O)(=O)c2ccc3c(c2)C(C)(C)C(=O)N3C)c1C. The first-order valence-electron chi connectivity index (χ1n) is 9.46. The highest BCUT2D eigenvalue weighted by Crippen LogP contribution is 2.41. The summed E-state index contributed by atoms with van der Waals surface area (Å²) in [4.78, 5) is 14.2. The van der Waals surface area contributed by atoms with Gasteiger partial charge in [0.2, 0.25) is 15.9 Å². The zero-order chi connectivity index (χ0) is 20.9. The van der Waals surface area contributed by atoms with Crippen LogP contribution in [-0.4, -0.2) is 37.7 Å². The van der Waals surface area contributed by atoms with Crippen LogP contribution >= 0.6 is 0 Å². The predicted molar refractivity (Wildman–Crippen MR) is 109 cm³/mol. The Morgan fingerprint density at radius 1 is 1.21 bits per heavy atom. The molecular weight excluding hydrogens is 376 g/mol. The average molecular weight is 405 g/mol. The Kier molecular flexibility index (Phi) is 5.14. The number of anilines is 1. The summed E-state index contributed by atoms with van der Waals surface area (Å²) in [6, 6.07) is 4.87. The van der Waals surface area contributed by atoms with E-state index >= 15 is 0 Å². The molecule has 7 nitrogen and oxygen atoms in total. The summed E-state index contributed by atoms with van der Waals surface area (Å²) in [7, 11) is -1.96. The second-order valence-electron chi connectivity index (χ2n) is 7.78. The molecule has 1 N–H and O–H groups in total. The number of amides is 1. The summed E-state index contributed by atoms with van der Waals surface area (Å²) in [5.41, 5.74) is 3.83. The van der Waals surface area contributed by atoms with Crippen LogP contribution < -0.4 is 9.62 Å². The first-order chi connectivity index (χ1) is 13.0. The molecule has 0 saturated carbocycles. The molecule has 0 fully saturated rings. The fourth-order valence-electron chi connectivity index (χ4n) is 3.92. The molecule has 3 rings (SSSR count). The van der Waals surface area contributed by atoms with E-state index in [1.54, 1.807) is 30.1 Å². The first kappa shape index (κ1) is 20.5. The van der Waals surface area contributed by atoms with Crippen molar-refractivity contribution in [3.05, 3.63) is 40.7 Å². The van der Waals surface area contributed by atoms with Crippen LogP contribution in [0.2, 0.25) is 0 Å². The lowest BCUT2D eigenvalue weighted by molar-refractivity contribution is -0.121. The Hall–Kier alpha value is -2.19. The first-order valence-corrected chi connectivity index (χ1v) is 10.9. The van der Waals surface area contributed by atoms with Gasteiger partial charge in [0.15, 0.2) is 0 Å². The number of carbonyl (C=O) groups excluding carboxylic acids is 1. The zero-order valence-corrected chi connectivity index (χ0v) is 18.1. The molecule has 0 atom stereocenters. The maximum absolute atomic E-state index is 12.8. The number of carbonyl (C=O) groups is 1. The minimum atomic E-state index is -3.67. The Balaban J connectivity index is 1.79. The van der Waals surface area contributed by atoms with E-state index < -0.39 is 15.4 Å². The van der Waals surface area contributed by atoms with Crippen LogP contribution in [0.4, 0.5) is 5.69 Å². The largest absolute Gasteiger partial charge is 0.314 e. The highest BCUT2D eigenvalue weighted by Gasteiger charge is 2.42. The Bertz CT molecular complexity index is 1040. The summed E-state index contributed by atoms with van der Waals surface area (Å²) in [5, 5.41) is 4.47. The average Bonchev–Trinajstić information content (AvgIpc) is 3.01. The molecule has 1 aromatic heterocycles. The van der Waals surface area contributed by atoms with Crippen LogP contribution in [0.5, 0.6) is 0 Å². The number of aromatic nitrogens is 2. The minimum absolute atomic E-state index is 0.0381. The quantitative estimate of drug-likeness (QED) is 0.801. The molecule has 1 aliphatic heterocycles. The van der Waals surface area contributed by atoms with Gasteiger partial charge in [-0.2, -0.15) is 5.10 Å². The standard InChI is InChI=1S/C20H28N4O3S/c1-7-24-14(3)16(13(2)22-24)10-11-21-28(26,27)15-8-9-18-17(12-15)20(4,5)19(25)23(18)6/h8-9,12,21H,7,10-11H2,1-6H3. The molecule has 152 valence electrons. The fraction of sp³-hybridized carbons (Fsp3) is 0.500. The van der Waals surface area contributed by atoms with E-state index in [-0.39, 0.29) is 10.8 Å². The number of likely N-dealkylation sites (N-methyl/N-ethyl adjacent to an activating group) is 1. The van der Waals surface area contributed by atoms with Gasteiger partial charge in [0.05, 0.1) is 16.0 Å². The molecule has 2 heterocycles. The number of hydrogen-bond acceptors (Lipinski definition) is 4. The number of rotatable bonds is 6. The molecule has 28 heavy (non-hydrogen) atoms. The summed E-state index contributed by atoms with van der Waals surface area (Å²) in [5.74, 6) is -0.0381. The third kappa shape index (κ3) is 3.24. The maximum atomic E-state index is 12.8. The van der Waals surface area contributed by atoms with Crippen molar-refractivity contribution in [3.63, 3.8) is 0 Å². The van der Waals surface area contributed by atoms with E-state index in [1.807, 2.05) is 39.3 Å². The van der Waals surface area contributed by atoms with E-state index in [0.29, 0.717) is 13.0 Å². The minimum Gasteiger partial charge on any atom is -0.314 e. The van der Waals surface area contributed by atoms with Crippen LogP contribution in [0.1, 0.15) is 43.3 Å². The lowest BCUT2D eigenvalue weighted by Crippen LogP contribution is -2.33. The van der Waals surface area contributed by atoms with Crippen molar-refractivity contribution in [1.82, 2.24) is 14.5 Å². The highest BCUT2D eigenvalue weighted by atomic mass is 32.2. The maximum Gasteiger partial charge on any atom is 0.240 e. The van der Waals surface area contributed by atoms with Crippen molar-refractivity contribution in [3.8, 4) is 0 Å². The van der Waals surface area contributed by atoms with Gasteiger partial charge in [0.25, 0.3) is 0 Å². The molecule has 8 heteroatoms. The van der Waals surface area contributed by atoms with Gasteiger partial charge in [0.1, 0.15) is 0 Å². The topological polar surface area (TPSA) is 84.3 Å². The number of benzene rings is 1. The summed E-state index contributed by atoms with van der Waals surface area (Å²) in [6.45, 7) is 10.7. The van der Waals surface area contributed by atoms with Crippen molar-refractivity contribution >= 4 is 21.6 Å². The lowest BCUT2D eigenvalue weighted by atomic mass is 9.86. The third-order valence-electron chi connectivity index (χ3n) is 5.65. The second kappa shape index (κ2) is 7.00. The Labute approximate surface area is 166 Å². The van der Waals surface area contributed by atoms with E-state index in [1.165, 1.54) is 0 Å². The fourth-order valence-corrected chi connectivity index (χ4v) is 4.97. The predicted octanol–water partition coefficient (Wildman–Crippen LogP) is 2.29. The highest BCUT2D eigenvalue weighted by molar-refractivity contribution is 7.89. The summed E-state index contributed by atoms with van der Waals surface area (Å²) in [6.07, 6.45) is 0.578. The van der Waals surface area contributed by atoms with Crippen LogP contribution in [0.3, 0.4) is 0 Å². The van der Waals surface area contributed by atoms with E-state index in [4.69, 9.17) is 0 Å². The molecule has 0 radical (unpaired) electrons. The van der Waals surface area contributed by atoms with E-state index in [9.17, 15) is 13.2 Å². The second-order valence-corrected chi connectivity index (χ2v) is 9.55. The molecule has 0 saturated heterocycles. The van der Waals surface area contributed by atoms with E-state index in [2.05, 4.69) is 9.82 Å². The van der Waals surface area contributed by atoms with Crippen molar-refractivity contribution in [2.24, 2.45) is 0 Å². The van der Waals surface area contributed by atoms with Gasteiger partial charge in [0, 0.05) is 31.5 Å². The molecule has 0 bridgehead atoms. The van der Waals surface area contributed by atoms with Gasteiger partial charge in [-0.15, -0.1) is 0 Å². The van der Waals surface area contributed by atoms with Crippen molar-refractivity contribution in [2.45, 2.75) is 57.9 Å². The number of nitrogens with one attached hydrogen (secondary N) is 1. The Morgan fingerprint density at radius 3 is 2.50 bits per heavy atom. The van der Waals surface area contributed by atoms with Gasteiger partial charge in [-0.1, -0.05) is 0 Å². The third-order valence-corrected chi connectivity index (χ3v) is 7.11. The molecule has 1 amide bonds. The molecule has 2 aromatic rings. The molecule has 0 aliphatic carbocycles. The van der Waals surface area contributed by atoms with Crippen molar-refractivity contribution < 1.29 is 13.2 Å². The van der Waals surface area contributed by atoms with Gasteiger partial charge >= 0.3 is 0 Å². The number of fused-ring (bicyclic) bond motifs is 1. The summed E-state index contributed by atoms with van der Waals surface area (Å²) < 4.78 is 30.2. The summed E-state index contributed by atoms with van der Waals surface area (Å²) >= 11 is 0. The van der Waals surface area contributed by atoms with Crippen LogP contribution in [0, 0.1) is 13.8 Å². The number of aryl methyl sites for hydroxylation is 2. The van der Waals surface area contributed by atoms with Crippen LogP contribution in [-0.2, 0) is 33.2 Å². The Morgan fingerprint density at radius 2 is 1.89 bits per heavy atom. The van der Waals surface area contributed by atoms with E-state index in [0.717, 1.165) is 34.7 Å². The lowest BCUT2D eigenvalue weighted by Gasteiger charge is -2.16. The van der Waals surface area contributed by atoms with Gasteiger partial charge in [-0.05, 0) is 70.4 Å². The molecule has 0 spiro atoms. The molecule has 1 aromatic carbocycles. The van der Waals surface area contributed by atoms with Crippen LogP contribution in [0.25, 0.3) is 0 Å². The van der Waals surface area contributed by atoms with Crippen molar-refractivity contribution in [1.29, 1.82) is 0 Å². The van der Waals surface area contributed by atoms with Gasteiger partial charge in [-0.25, -0.2) is 13.1 Å². The molecule has 1 aliphatic rings. The number of hydrogen-bond donors (Lipinski definition) is 1. The molecular formula is C20H28N4O3S. The van der Waals surface area contributed by atoms with Crippen molar-refractivity contribution in [2.75, 3.05) is 18.5 Å². The number of nitrogens with zero attached hydrogens (tertiary/aromatic N) is 3. The number of sulfonamides is 1. The van der Waals surface area contributed by atoms with Crippen LogP contribution in [0.15, 0.2) is 23.1 Å². The van der Waals surface area contributed by atoms with Gasteiger partial charge in [-0.3, -0.25) is 9.48 Å². The van der Waals surface area contributed by atoms with Gasteiger partial charge < -0.3 is 4.90 Å². The normalized spacial score (nSPS) is 15.9. The zero-order valence-electron chi connectivity index (χ0n) is 17.3. The monoisotopic (exact) mass is 404 g/mol. The molecule has 0 unspecified atom stereocenters. The smallest absolute Gasteiger partial charge is 0.240 e.